The van der Waals surface area contributed by atoms with Gasteiger partial charge >= 0.3 is 0 Å². The number of carbonyl (C=O) groups is 2. The SMILES string of the molecule is CC1(C)C(=O)NCCN1C(=O)[C@H](N)c1ccccc1. The molecule has 2 amide bonds. The number of carbonyl (C=O) groups excluding carboxylic acids is 2. The molecule has 1 aromatic rings. The highest BCUT2D eigenvalue weighted by atomic mass is 16.2. The van der Waals surface area contributed by atoms with Gasteiger partial charge in [0.2, 0.25) is 11.8 Å². The zero-order valence-electron chi connectivity index (χ0n) is 11.2. The van der Waals surface area contributed by atoms with Gasteiger partial charge in [0, 0.05) is 13.1 Å². The van der Waals surface area contributed by atoms with E-state index in [9.17, 15) is 9.59 Å². The summed E-state index contributed by atoms with van der Waals surface area (Å²) in [5.41, 5.74) is 5.91. The van der Waals surface area contributed by atoms with Crippen molar-refractivity contribution in [1.29, 1.82) is 0 Å². The number of nitrogens with zero attached hydrogens (tertiary/aromatic N) is 1. The minimum atomic E-state index is -0.859. The molecule has 0 unspecified atom stereocenters. The molecular formula is C14H19N3O2. The maximum Gasteiger partial charge on any atom is 0.245 e. The molecule has 5 heteroatoms. The molecular weight excluding hydrogens is 242 g/mol. The Balaban J connectivity index is 2.22. The predicted octanol–water partition coefficient (Wildman–Crippen LogP) is 0.423. The van der Waals surface area contributed by atoms with Crippen LogP contribution in [0.15, 0.2) is 30.3 Å². The fourth-order valence-electron chi connectivity index (χ4n) is 2.26. The monoisotopic (exact) mass is 261 g/mol. The van der Waals surface area contributed by atoms with Crippen LogP contribution in [0, 0.1) is 0 Å². The largest absolute Gasteiger partial charge is 0.352 e. The van der Waals surface area contributed by atoms with Gasteiger partial charge in [-0.05, 0) is 19.4 Å². The molecule has 0 bridgehead atoms. The second-order valence-electron chi connectivity index (χ2n) is 5.19. The Morgan fingerprint density at radius 3 is 2.63 bits per heavy atom. The molecule has 0 radical (unpaired) electrons. The summed E-state index contributed by atoms with van der Waals surface area (Å²) in [5, 5.41) is 2.76. The maximum atomic E-state index is 12.5. The average molecular weight is 261 g/mol. The van der Waals surface area contributed by atoms with Crippen LogP contribution in [0.4, 0.5) is 0 Å². The lowest BCUT2D eigenvalue weighted by atomic mass is 9.96. The highest BCUT2D eigenvalue weighted by Gasteiger charge is 2.41. The van der Waals surface area contributed by atoms with E-state index < -0.39 is 11.6 Å². The second-order valence-corrected chi connectivity index (χ2v) is 5.19. The highest BCUT2D eigenvalue weighted by Crippen LogP contribution is 2.22. The van der Waals surface area contributed by atoms with Crippen molar-refractivity contribution >= 4 is 11.8 Å². The van der Waals surface area contributed by atoms with Gasteiger partial charge in [0.1, 0.15) is 11.6 Å². The van der Waals surface area contributed by atoms with Crippen molar-refractivity contribution in [3.8, 4) is 0 Å². The van der Waals surface area contributed by atoms with Gasteiger partial charge in [-0.2, -0.15) is 0 Å². The molecule has 1 aromatic carbocycles. The number of piperazine rings is 1. The van der Waals surface area contributed by atoms with Crippen LogP contribution in [0.1, 0.15) is 25.5 Å². The van der Waals surface area contributed by atoms with Crippen molar-refractivity contribution in [2.45, 2.75) is 25.4 Å². The number of nitrogens with two attached hydrogens (primary N) is 1. The van der Waals surface area contributed by atoms with Gasteiger partial charge in [0.25, 0.3) is 0 Å². The van der Waals surface area contributed by atoms with E-state index in [0.717, 1.165) is 5.56 Å². The molecule has 1 saturated heterocycles. The van der Waals surface area contributed by atoms with Gasteiger partial charge in [0.15, 0.2) is 0 Å². The fourth-order valence-corrected chi connectivity index (χ4v) is 2.26. The van der Waals surface area contributed by atoms with E-state index >= 15 is 0 Å². The van der Waals surface area contributed by atoms with Crippen LogP contribution in [0.3, 0.4) is 0 Å². The summed E-state index contributed by atoms with van der Waals surface area (Å²) >= 11 is 0. The first-order valence-corrected chi connectivity index (χ1v) is 6.35. The first-order valence-electron chi connectivity index (χ1n) is 6.35. The standard InChI is InChI=1S/C14H19N3O2/c1-14(2)13(19)16-8-9-17(14)12(18)11(15)10-6-4-3-5-7-10/h3-7,11H,8-9,15H2,1-2H3,(H,16,19)/t11-/m1/s1. The molecule has 1 aliphatic heterocycles. The van der Waals surface area contributed by atoms with Gasteiger partial charge in [0.05, 0.1) is 0 Å². The lowest BCUT2D eigenvalue weighted by molar-refractivity contribution is -0.150. The van der Waals surface area contributed by atoms with Crippen LogP contribution in [0.2, 0.25) is 0 Å². The molecule has 1 heterocycles. The van der Waals surface area contributed by atoms with Crippen LogP contribution >= 0.6 is 0 Å². The van der Waals surface area contributed by atoms with E-state index in [1.54, 1.807) is 18.7 Å². The molecule has 0 saturated carbocycles. The number of hydrogen-bond donors (Lipinski definition) is 2. The highest BCUT2D eigenvalue weighted by molar-refractivity contribution is 5.93. The lowest BCUT2D eigenvalue weighted by Crippen LogP contribution is -2.64. The minimum Gasteiger partial charge on any atom is -0.352 e. The number of nitrogens with one attached hydrogen (secondary N) is 1. The van der Waals surface area contributed by atoms with Crippen LogP contribution in [-0.4, -0.2) is 35.3 Å². The smallest absolute Gasteiger partial charge is 0.245 e. The molecule has 0 aromatic heterocycles. The third-order valence-corrected chi connectivity index (χ3v) is 3.54. The fraction of sp³-hybridized carbons (Fsp3) is 0.429. The Bertz CT molecular complexity index is 485. The molecule has 0 aliphatic carbocycles. The number of hydrogen-bond acceptors (Lipinski definition) is 3. The van der Waals surface area contributed by atoms with Gasteiger partial charge < -0.3 is 16.0 Å². The Kier molecular flexibility index (Phi) is 3.57. The van der Waals surface area contributed by atoms with Crippen molar-refractivity contribution in [2.24, 2.45) is 5.73 Å². The lowest BCUT2D eigenvalue weighted by Gasteiger charge is -2.42. The molecule has 1 fully saturated rings. The number of benzene rings is 1. The van der Waals surface area contributed by atoms with Crippen molar-refractivity contribution in [2.75, 3.05) is 13.1 Å². The van der Waals surface area contributed by atoms with Gasteiger partial charge in [-0.15, -0.1) is 0 Å². The molecule has 1 aliphatic rings. The van der Waals surface area contributed by atoms with E-state index in [2.05, 4.69) is 5.32 Å². The van der Waals surface area contributed by atoms with Crippen LogP contribution in [0.5, 0.6) is 0 Å². The van der Waals surface area contributed by atoms with Crippen molar-refractivity contribution in [1.82, 2.24) is 10.2 Å². The Labute approximate surface area is 112 Å². The molecule has 1 atom stereocenters. The van der Waals surface area contributed by atoms with E-state index in [4.69, 9.17) is 5.73 Å². The molecule has 19 heavy (non-hydrogen) atoms. The predicted molar refractivity (Wildman–Crippen MR) is 72.2 cm³/mol. The zero-order valence-corrected chi connectivity index (χ0v) is 11.2. The average Bonchev–Trinajstić information content (AvgIpc) is 2.41. The number of rotatable bonds is 2. The summed E-state index contributed by atoms with van der Waals surface area (Å²) < 4.78 is 0. The van der Waals surface area contributed by atoms with Crippen LogP contribution < -0.4 is 11.1 Å². The Morgan fingerprint density at radius 1 is 1.37 bits per heavy atom. The summed E-state index contributed by atoms with van der Waals surface area (Å²) in [6.07, 6.45) is 0. The van der Waals surface area contributed by atoms with E-state index in [0.29, 0.717) is 13.1 Å². The first kappa shape index (κ1) is 13.5. The third-order valence-electron chi connectivity index (χ3n) is 3.54. The van der Waals surface area contributed by atoms with Crippen molar-refractivity contribution < 1.29 is 9.59 Å². The number of amides is 2. The van der Waals surface area contributed by atoms with Crippen molar-refractivity contribution in [3.63, 3.8) is 0 Å². The van der Waals surface area contributed by atoms with E-state index in [1.165, 1.54) is 0 Å². The summed E-state index contributed by atoms with van der Waals surface area (Å²) in [4.78, 5) is 25.9. The normalized spacial score (nSPS) is 19.7. The third kappa shape index (κ3) is 2.46. The van der Waals surface area contributed by atoms with E-state index in [-0.39, 0.29) is 11.8 Å². The molecule has 0 spiro atoms. The van der Waals surface area contributed by atoms with Crippen molar-refractivity contribution in [3.05, 3.63) is 35.9 Å². The molecule has 5 nitrogen and oxygen atoms in total. The molecule has 2 rings (SSSR count). The Morgan fingerprint density at radius 2 is 2.00 bits per heavy atom. The maximum absolute atomic E-state index is 12.5. The molecule has 3 N–H and O–H groups in total. The first-order chi connectivity index (χ1) is 8.94. The Hall–Kier alpha value is -1.88. The minimum absolute atomic E-state index is 0.146. The van der Waals surface area contributed by atoms with Gasteiger partial charge in [-0.3, -0.25) is 9.59 Å². The zero-order chi connectivity index (χ0) is 14.0. The molecule has 102 valence electrons. The topological polar surface area (TPSA) is 75.4 Å². The van der Waals surface area contributed by atoms with E-state index in [1.807, 2.05) is 30.3 Å². The summed E-state index contributed by atoms with van der Waals surface area (Å²) in [5.74, 6) is -0.363. The van der Waals surface area contributed by atoms with Crippen LogP contribution in [0.25, 0.3) is 0 Å². The summed E-state index contributed by atoms with van der Waals surface area (Å²) in [7, 11) is 0. The summed E-state index contributed by atoms with van der Waals surface area (Å²) in [6, 6.07) is 8.47. The van der Waals surface area contributed by atoms with Gasteiger partial charge in [-0.25, -0.2) is 0 Å². The second kappa shape index (κ2) is 5.01. The van der Waals surface area contributed by atoms with Gasteiger partial charge in [-0.1, -0.05) is 30.3 Å². The van der Waals surface area contributed by atoms with Crippen LogP contribution in [-0.2, 0) is 9.59 Å². The summed E-state index contributed by atoms with van der Waals surface area (Å²) in [6.45, 7) is 4.42. The quantitative estimate of drug-likeness (QED) is 0.810.